The van der Waals surface area contributed by atoms with Crippen LogP contribution < -0.4 is 5.32 Å². The number of nitrogens with one attached hydrogen (secondary N) is 1. The Labute approximate surface area is 175 Å². The molecule has 29 heavy (non-hydrogen) atoms. The number of carbonyl (C=O) groups is 3. The van der Waals surface area contributed by atoms with Gasteiger partial charge in [-0.15, -0.1) is 0 Å². The van der Waals surface area contributed by atoms with E-state index in [1.807, 2.05) is 0 Å². The second-order valence-electron chi connectivity index (χ2n) is 7.27. The summed E-state index contributed by atoms with van der Waals surface area (Å²) in [5.41, 5.74) is 0.773. The molecule has 1 amide bonds. The van der Waals surface area contributed by atoms with E-state index in [1.54, 1.807) is 42.5 Å². The van der Waals surface area contributed by atoms with Gasteiger partial charge in [-0.1, -0.05) is 49.1 Å². The van der Waals surface area contributed by atoms with Gasteiger partial charge in [0.2, 0.25) is 0 Å². The van der Waals surface area contributed by atoms with Crippen molar-refractivity contribution in [2.45, 2.75) is 32.1 Å². The molecule has 0 bridgehead atoms. The number of hydrogen-bond acceptors (Lipinski definition) is 4. The molecule has 1 saturated carbocycles. The lowest BCUT2D eigenvalue weighted by Gasteiger charge is -2.21. The van der Waals surface area contributed by atoms with E-state index in [0.29, 0.717) is 23.0 Å². The molecule has 0 aromatic heterocycles. The number of benzene rings is 2. The largest absolute Gasteiger partial charge is 0.452 e. The maximum atomic E-state index is 12.8. The highest BCUT2D eigenvalue weighted by Crippen LogP contribution is 2.22. The monoisotopic (exact) mass is 413 g/mol. The molecule has 152 valence electrons. The lowest BCUT2D eigenvalue weighted by molar-refractivity contribution is -0.124. The Morgan fingerprint density at radius 1 is 0.931 bits per heavy atom. The normalized spacial score (nSPS) is 14.2. The van der Waals surface area contributed by atoms with E-state index in [1.165, 1.54) is 25.3 Å². The molecule has 1 fully saturated rings. The Balaban J connectivity index is 1.58. The topological polar surface area (TPSA) is 72.5 Å². The lowest BCUT2D eigenvalue weighted by atomic mass is 9.89. The van der Waals surface area contributed by atoms with Crippen molar-refractivity contribution < 1.29 is 19.1 Å². The van der Waals surface area contributed by atoms with E-state index in [2.05, 4.69) is 5.32 Å². The van der Waals surface area contributed by atoms with Crippen LogP contribution in [-0.4, -0.2) is 30.8 Å². The summed E-state index contributed by atoms with van der Waals surface area (Å²) in [6, 6.07) is 12.9. The maximum Gasteiger partial charge on any atom is 0.339 e. The van der Waals surface area contributed by atoms with E-state index in [0.717, 1.165) is 12.8 Å². The SMILES string of the molecule is O=C(COC(=O)c1ccccc1C(=O)c1ccc(Cl)cc1)NCC1CCCCC1. The highest BCUT2D eigenvalue weighted by molar-refractivity contribution is 6.30. The summed E-state index contributed by atoms with van der Waals surface area (Å²) in [5, 5.41) is 3.35. The van der Waals surface area contributed by atoms with E-state index in [9.17, 15) is 14.4 Å². The van der Waals surface area contributed by atoms with Crippen LogP contribution in [0.15, 0.2) is 48.5 Å². The van der Waals surface area contributed by atoms with Gasteiger partial charge in [0.1, 0.15) is 0 Å². The molecular formula is C23H24ClNO4. The Bertz CT molecular complexity index is 873. The summed E-state index contributed by atoms with van der Waals surface area (Å²) >= 11 is 5.87. The first-order valence-electron chi connectivity index (χ1n) is 9.87. The van der Waals surface area contributed by atoms with Crippen molar-refractivity contribution in [3.8, 4) is 0 Å². The van der Waals surface area contributed by atoms with Crippen molar-refractivity contribution in [3.05, 3.63) is 70.2 Å². The Morgan fingerprint density at radius 3 is 2.28 bits per heavy atom. The molecule has 1 aliphatic rings. The van der Waals surface area contributed by atoms with Crippen LogP contribution >= 0.6 is 11.6 Å². The molecule has 5 nitrogen and oxygen atoms in total. The fraction of sp³-hybridized carbons (Fsp3) is 0.348. The predicted octanol–water partition coefficient (Wildman–Crippen LogP) is 4.42. The fourth-order valence-corrected chi connectivity index (χ4v) is 3.65. The fourth-order valence-electron chi connectivity index (χ4n) is 3.53. The number of ketones is 1. The molecule has 0 unspecified atom stereocenters. The minimum Gasteiger partial charge on any atom is -0.452 e. The molecule has 0 aliphatic heterocycles. The Hall–Kier alpha value is -2.66. The smallest absolute Gasteiger partial charge is 0.339 e. The van der Waals surface area contributed by atoms with Gasteiger partial charge in [-0.2, -0.15) is 0 Å². The molecule has 3 rings (SSSR count). The summed E-state index contributed by atoms with van der Waals surface area (Å²) in [6.45, 7) is 0.247. The van der Waals surface area contributed by atoms with Crippen molar-refractivity contribution in [1.82, 2.24) is 5.32 Å². The number of ether oxygens (including phenoxy) is 1. The van der Waals surface area contributed by atoms with Crippen molar-refractivity contribution >= 4 is 29.3 Å². The van der Waals surface area contributed by atoms with Crippen molar-refractivity contribution in [2.24, 2.45) is 5.92 Å². The van der Waals surface area contributed by atoms with Crippen LogP contribution in [0.1, 0.15) is 58.4 Å². The molecule has 0 heterocycles. The molecule has 0 saturated heterocycles. The van der Waals surface area contributed by atoms with Gasteiger partial charge in [0.05, 0.1) is 5.56 Å². The van der Waals surface area contributed by atoms with E-state index in [-0.39, 0.29) is 29.4 Å². The maximum absolute atomic E-state index is 12.8. The van der Waals surface area contributed by atoms with Crippen molar-refractivity contribution in [3.63, 3.8) is 0 Å². The van der Waals surface area contributed by atoms with Gasteiger partial charge >= 0.3 is 5.97 Å². The van der Waals surface area contributed by atoms with Gasteiger partial charge in [-0.3, -0.25) is 9.59 Å². The van der Waals surface area contributed by atoms with Crippen LogP contribution in [0.25, 0.3) is 0 Å². The zero-order valence-corrected chi connectivity index (χ0v) is 16.9. The molecule has 1 N–H and O–H groups in total. The highest BCUT2D eigenvalue weighted by Gasteiger charge is 2.20. The predicted molar refractivity (Wildman–Crippen MR) is 111 cm³/mol. The average molecular weight is 414 g/mol. The molecule has 0 atom stereocenters. The van der Waals surface area contributed by atoms with Gasteiger partial charge in [0.25, 0.3) is 5.91 Å². The van der Waals surface area contributed by atoms with Crippen molar-refractivity contribution in [2.75, 3.05) is 13.2 Å². The second kappa shape index (κ2) is 10.2. The number of esters is 1. The highest BCUT2D eigenvalue weighted by atomic mass is 35.5. The lowest BCUT2D eigenvalue weighted by Crippen LogP contribution is -2.33. The number of halogens is 1. The number of carbonyl (C=O) groups excluding carboxylic acids is 3. The van der Waals surface area contributed by atoms with Gasteiger partial charge < -0.3 is 10.1 Å². The van der Waals surface area contributed by atoms with Crippen LogP contribution in [0.5, 0.6) is 0 Å². The molecule has 0 spiro atoms. The number of hydrogen-bond donors (Lipinski definition) is 1. The summed E-state index contributed by atoms with van der Waals surface area (Å²) in [5.74, 6) is -0.835. The van der Waals surface area contributed by atoms with Crippen LogP contribution in [0.3, 0.4) is 0 Å². The third-order valence-electron chi connectivity index (χ3n) is 5.15. The first-order chi connectivity index (χ1) is 14.0. The third kappa shape index (κ3) is 5.91. The summed E-state index contributed by atoms with van der Waals surface area (Å²) in [4.78, 5) is 37.3. The standard InChI is InChI=1S/C23H24ClNO4/c24-18-12-10-17(11-13-18)22(27)19-8-4-5-9-20(19)23(28)29-15-21(26)25-14-16-6-2-1-3-7-16/h4-5,8-13,16H,1-3,6-7,14-15H2,(H,25,26). The molecule has 2 aromatic rings. The second-order valence-corrected chi connectivity index (χ2v) is 7.70. The number of rotatable bonds is 7. The van der Waals surface area contributed by atoms with E-state index in [4.69, 9.17) is 16.3 Å². The Kier molecular flexibility index (Phi) is 7.42. The van der Waals surface area contributed by atoms with Crippen LogP contribution in [0.4, 0.5) is 0 Å². The van der Waals surface area contributed by atoms with Gasteiger partial charge in [-0.05, 0) is 49.1 Å². The van der Waals surface area contributed by atoms with Crippen molar-refractivity contribution in [1.29, 1.82) is 0 Å². The summed E-state index contributed by atoms with van der Waals surface area (Å²) in [6.07, 6.45) is 5.92. The molecule has 1 aliphatic carbocycles. The number of amides is 1. The van der Waals surface area contributed by atoms with Crippen LogP contribution in [-0.2, 0) is 9.53 Å². The minimum atomic E-state index is -0.698. The first kappa shape index (κ1) is 21.1. The zero-order chi connectivity index (χ0) is 20.6. The molecular weight excluding hydrogens is 390 g/mol. The van der Waals surface area contributed by atoms with E-state index >= 15 is 0 Å². The first-order valence-corrected chi connectivity index (χ1v) is 10.3. The van der Waals surface area contributed by atoms with E-state index < -0.39 is 5.97 Å². The van der Waals surface area contributed by atoms with Gasteiger partial charge in [0, 0.05) is 22.7 Å². The average Bonchev–Trinajstić information content (AvgIpc) is 2.76. The molecule has 2 aromatic carbocycles. The summed E-state index contributed by atoms with van der Waals surface area (Å²) < 4.78 is 5.15. The summed E-state index contributed by atoms with van der Waals surface area (Å²) in [7, 11) is 0. The van der Waals surface area contributed by atoms with Gasteiger partial charge in [-0.25, -0.2) is 4.79 Å². The third-order valence-corrected chi connectivity index (χ3v) is 5.40. The minimum absolute atomic E-state index is 0.132. The van der Waals surface area contributed by atoms with Crippen LogP contribution in [0.2, 0.25) is 5.02 Å². The Morgan fingerprint density at radius 2 is 1.59 bits per heavy atom. The zero-order valence-electron chi connectivity index (χ0n) is 16.2. The molecule has 0 radical (unpaired) electrons. The van der Waals surface area contributed by atoms with Crippen LogP contribution in [0, 0.1) is 5.92 Å². The quantitative estimate of drug-likeness (QED) is 0.538. The van der Waals surface area contributed by atoms with Gasteiger partial charge in [0.15, 0.2) is 12.4 Å². The molecule has 6 heteroatoms.